The number of hydrogen-bond acceptors (Lipinski definition) is 2. The Bertz CT molecular complexity index is 500. The van der Waals surface area contributed by atoms with Gasteiger partial charge in [-0.2, -0.15) is 13.2 Å². The number of benzene rings is 1. The Hall–Kier alpha value is -1.43. The predicted octanol–water partition coefficient (Wildman–Crippen LogP) is 3.21. The molecule has 7 heteroatoms. The molecule has 1 saturated carbocycles. The maximum atomic E-state index is 12.5. The van der Waals surface area contributed by atoms with Crippen LogP contribution in [0.3, 0.4) is 0 Å². The van der Waals surface area contributed by atoms with Gasteiger partial charge in [0.1, 0.15) is 12.3 Å². The van der Waals surface area contributed by atoms with Gasteiger partial charge in [-0.25, -0.2) is 0 Å². The quantitative estimate of drug-likeness (QED) is 0.929. The Morgan fingerprint density at radius 1 is 1.42 bits per heavy atom. The number of phenols is 1. The molecule has 0 unspecified atom stereocenters. The van der Waals surface area contributed by atoms with E-state index in [4.69, 9.17) is 11.6 Å². The molecular weight excluding hydrogens is 283 g/mol. The van der Waals surface area contributed by atoms with Crippen LogP contribution >= 0.6 is 11.6 Å². The van der Waals surface area contributed by atoms with E-state index < -0.39 is 18.6 Å². The van der Waals surface area contributed by atoms with Gasteiger partial charge in [0.15, 0.2) is 0 Å². The number of rotatable bonds is 3. The number of amides is 1. The molecule has 0 spiro atoms. The fourth-order valence-corrected chi connectivity index (χ4v) is 1.93. The molecule has 3 nitrogen and oxygen atoms in total. The van der Waals surface area contributed by atoms with Crippen LogP contribution in [0.1, 0.15) is 23.2 Å². The first-order chi connectivity index (χ1) is 8.78. The van der Waals surface area contributed by atoms with E-state index >= 15 is 0 Å². The Balaban J connectivity index is 2.21. The third-order valence-corrected chi connectivity index (χ3v) is 3.10. The zero-order valence-electron chi connectivity index (χ0n) is 9.75. The Morgan fingerprint density at radius 2 is 2.05 bits per heavy atom. The minimum Gasteiger partial charge on any atom is -0.506 e. The summed E-state index contributed by atoms with van der Waals surface area (Å²) in [7, 11) is 0. The number of carbonyl (C=O) groups excluding carboxylic acids is 1. The molecule has 2 rings (SSSR count). The summed E-state index contributed by atoms with van der Waals surface area (Å²) >= 11 is 5.65. The first-order valence-corrected chi connectivity index (χ1v) is 6.02. The van der Waals surface area contributed by atoms with E-state index in [2.05, 4.69) is 0 Å². The molecule has 1 aromatic rings. The molecule has 1 amide bonds. The largest absolute Gasteiger partial charge is 0.506 e. The second-order valence-electron chi connectivity index (χ2n) is 4.45. The summed E-state index contributed by atoms with van der Waals surface area (Å²) in [6.45, 7) is -1.27. The van der Waals surface area contributed by atoms with Crippen LogP contribution in [-0.2, 0) is 0 Å². The van der Waals surface area contributed by atoms with Gasteiger partial charge in [-0.15, -0.1) is 0 Å². The van der Waals surface area contributed by atoms with E-state index in [1.807, 2.05) is 0 Å². The molecule has 0 saturated heterocycles. The first-order valence-electron chi connectivity index (χ1n) is 5.64. The van der Waals surface area contributed by atoms with Crippen molar-refractivity contribution in [3.05, 3.63) is 28.8 Å². The van der Waals surface area contributed by atoms with Crippen LogP contribution in [0, 0.1) is 0 Å². The lowest BCUT2D eigenvalue weighted by Gasteiger charge is -2.23. The van der Waals surface area contributed by atoms with E-state index in [-0.39, 0.29) is 22.4 Å². The smallest absolute Gasteiger partial charge is 0.406 e. The summed E-state index contributed by atoms with van der Waals surface area (Å²) in [6, 6.07) is 3.26. The van der Waals surface area contributed by atoms with Gasteiger partial charge in [0.25, 0.3) is 5.91 Å². The molecule has 0 aromatic heterocycles. The van der Waals surface area contributed by atoms with Crippen LogP contribution in [0.15, 0.2) is 18.2 Å². The molecule has 1 aromatic carbocycles. The fraction of sp³-hybridized carbons (Fsp3) is 0.417. The molecule has 0 heterocycles. The zero-order chi connectivity index (χ0) is 14.2. The third-order valence-electron chi connectivity index (χ3n) is 2.79. The minimum absolute atomic E-state index is 0.0407. The van der Waals surface area contributed by atoms with E-state index in [0.29, 0.717) is 12.8 Å². The monoisotopic (exact) mass is 293 g/mol. The predicted molar refractivity (Wildman–Crippen MR) is 63.2 cm³/mol. The zero-order valence-corrected chi connectivity index (χ0v) is 10.5. The van der Waals surface area contributed by atoms with Crippen LogP contribution in [-0.4, -0.2) is 34.7 Å². The summed E-state index contributed by atoms with van der Waals surface area (Å²) in [6.07, 6.45) is -3.28. The van der Waals surface area contributed by atoms with Gasteiger partial charge in [-0.05, 0) is 31.0 Å². The number of alkyl halides is 3. The highest BCUT2D eigenvalue weighted by Gasteiger charge is 2.40. The second-order valence-corrected chi connectivity index (χ2v) is 4.85. The number of halogens is 4. The topological polar surface area (TPSA) is 40.5 Å². The lowest BCUT2D eigenvalue weighted by atomic mass is 10.2. The van der Waals surface area contributed by atoms with Crippen LogP contribution in [0.2, 0.25) is 5.02 Å². The van der Waals surface area contributed by atoms with Gasteiger partial charge < -0.3 is 10.0 Å². The van der Waals surface area contributed by atoms with Crippen molar-refractivity contribution in [2.75, 3.05) is 6.54 Å². The maximum absolute atomic E-state index is 12.5. The summed E-state index contributed by atoms with van der Waals surface area (Å²) in [5.41, 5.74) is 0.0407. The van der Waals surface area contributed by atoms with Crippen molar-refractivity contribution in [1.82, 2.24) is 4.90 Å². The highest BCUT2D eigenvalue weighted by atomic mass is 35.5. The second kappa shape index (κ2) is 4.92. The summed E-state index contributed by atoms with van der Waals surface area (Å²) in [4.78, 5) is 12.9. The number of nitrogens with zero attached hydrogens (tertiary/aromatic N) is 1. The van der Waals surface area contributed by atoms with Gasteiger partial charge >= 0.3 is 6.18 Å². The van der Waals surface area contributed by atoms with Crippen molar-refractivity contribution in [3.63, 3.8) is 0 Å². The highest BCUT2D eigenvalue weighted by molar-refractivity contribution is 6.32. The number of hydrogen-bond donors (Lipinski definition) is 1. The molecule has 0 aliphatic heterocycles. The number of phenolic OH excluding ortho intramolecular Hbond substituents is 1. The molecule has 19 heavy (non-hydrogen) atoms. The van der Waals surface area contributed by atoms with Crippen LogP contribution < -0.4 is 0 Å². The van der Waals surface area contributed by atoms with Crippen molar-refractivity contribution in [1.29, 1.82) is 0 Å². The van der Waals surface area contributed by atoms with Gasteiger partial charge in [-0.3, -0.25) is 4.79 Å². The van der Waals surface area contributed by atoms with Gasteiger partial charge in [-0.1, -0.05) is 11.6 Å². The summed E-state index contributed by atoms with van der Waals surface area (Å²) in [5, 5.41) is 9.17. The van der Waals surface area contributed by atoms with Crippen LogP contribution in [0.4, 0.5) is 13.2 Å². The van der Waals surface area contributed by atoms with E-state index in [0.717, 1.165) is 4.90 Å². The van der Waals surface area contributed by atoms with E-state index in [1.54, 1.807) is 0 Å². The van der Waals surface area contributed by atoms with E-state index in [9.17, 15) is 23.1 Å². The molecule has 0 bridgehead atoms. The standard InChI is InChI=1S/C12H11ClF3NO2/c13-9-5-7(1-4-10(9)18)11(19)17(8-2-3-8)6-12(14,15)16/h1,4-5,8,18H,2-3,6H2. The third kappa shape index (κ3) is 3.53. The highest BCUT2D eigenvalue weighted by Crippen LogP contribution is 2.32. The van der Waals surface area contributed by atoms with Gasteiger partial charge in [0.2, 0.25) is 0 Å². The first kappa shape index (κ1) is 14.0. The Labute approximate surface area is 112 Å². The van der Waals surface area contributed by atoms with Crippen molar-refractivity contribution < 1.29 is 23.1 Å². The summed E-state index contributed by atoms with van der Waals surface area (Å²) < 4.78 is 37.4. The SMILES string of the molecule is O=C(c1ccc(O)c(Cl)c1)N(CC(F)(F)F)C1CC1. The average molecular weight is 294 g/mol. The molecule has 0 atom stereocenters. The lowest BCUT2D eigenvalue weighted by Crippen LogP contribution is -2.40. The molecule has 0 radical (unpaired) electrons. The Kier molecular flexibility index (Phi) is 3.62. The molecular formula is C12H11ClF3NO2. The molecule has 104 valence electrons. The molecule has 1 N–H and O–H groups in total. The van der Waals surface area contributed by atoms with Crippen LogP contribution in [0.25, 0.3) is 0 Å². The molecule has 1 aliphatic rings. The summed E-state index contributed by atoms with van der Waals surface area (Å²) in [5.74, 6) is -0.936. The lowest BCUT2D eigenvalue weighted by molar-refractivity contribution is -0.141. The van der Waals surface area contributed by atoms with Gasteiger partial charge in [0, 0.05) is 11.6 Å². The normalized spacial score (nSPS) is 15.4. The van der Waals surface area contributed by atoms with Crippen molar-refractivity contribution in [3.8, 4) is 5.75 Å². The van der Waals surface area contributed by atoms with Crippen molar-refractivity contribution >= 4 is 17.5 Å². The minimum atomic E-state index is -4.43. The Morgan fingerprint density at radius 3 is 2.53 bits per heavy atom. The van der Waals surface area contributed by atoms with Crippen molar-refractivity contribution in [2.45, 2.75) is 25.1 Å². The fourth-order valence-electron chi connectivity index (χ4n) is 1.75. The van der Waals surface area contributed by atoms with Crippen molar-refractivity contribution in [2.24, 2.45) is 0 Å². The van der Waals surface area contributed by atoms with Crippen LogP contribution in [0.5, 0.6) is 5.75 Å². The van der Waals surface area contributed by atoms with E-state index in [1.165, 1.54) is 18.2 Å². The molecule has 1 fully saturated rings. The number of aromatic hydroxyl groups is 1. The average Bonchev–Trinajstić information content (AvgIpc) is 3.11. The number of carbonyl (C=O) groups is 1. The maximum Gasteiger partial charge on any atom is 0.406 e. The van der Waals surface area contributed by atoms with Gasteiger partial charge in [0.05, 0.1) is 5.02 Å². The molecule has 1 aliphatic carbocycles.